The molecule has 0 radical (unpaired) electrons. The summed E-state index contributed by atoms with van der Waals surface area (Å²) in [5.74, 6) is 0. The zero-order chi connectivity index (χ0) is 13.0. The maximum Gasteiger partial charge on any atom is 0.410 e. The fourth-order valence-corrected chi connectivity index (χ4v) is 2.09. The van der Waals surface area contributed by atoms with Gasteiger partial charge in [-0.2, -0.15) is 0 Å². The predicted octanol–water partition coefficient (Wildman–Crippen LogP) is 0.751. The van der Waals surface area contributed by atoms with Crippen LogP contribution in [0.2, 0.25) is 0 Å². The van der Waals surface area contributed by atoms with Gasteiger partial charge in [-0.25, -0.2) is 4.79 Å². The van der Waals surface area contributed by atoms with Crippen molar-refractivity contribution in [3.8, 4) is 0 Å². The van der Waals surface area contributed by atoms with Crippen molar-refractivity contribution >= 4 is 6.09 Å². The number of benzene rings is 1. The van der Waals surface area contributed by atoms with Gasteiger partial charge in [-0.3, -0.25) is 0 Å². The lowest BCUT2D eigenvalue weighted by Gasteiger charge is -2.21. The summed E-state index contributed by atoms with van der Waals surface area (Å²) >= 11 is 0. The number of hydrogen-bond donors (Lipinski definition) is 2. The average molecular weight is 251 g/mol. The zero-order valence-electron chi connectivity index (χ0n) is 10.0. The van der Waals surface area contributed by atoms with Crippen molar-refractivity contribution in [3.63, 3.8) is 0 Å². The summed E-state index contributed by atoms with van der Waals surface area (Å²) in [4.78, 5) is 13.2. The van der Waals surface area contributed by atoms with Gasteiger partial charge in [0.25, 0.3) is 0 Å². The van der Waals surface area contributed by atoms with E-state index in [0.29, 0.717) is 6.42 Å². The van der Waals surface area contributed by atoms with E-state index in [0.717, 1.165) is 5.56 Å². The van der Waals surface area contributed by atoms with Crippen LogP contribution in [-0.2, 0) is 11.3 Å². The monoisotopic (exact) mass is 251 g/mol. The van der Waals surface area contributed by atoms with E-state index in [1.165, 1.54) is 4.90 Å². The molecule has 0 unspecified atom stereocenters. The largest absolute Gasteiger partial charge is 0.445 e. The van der Waals surface area contributed by atoms with Crippen molar-refractivity contribution in [2.45, 2.75) is 25.2 Å². The molecule has 1 aromatic carbocycles. The molecular formula is C13H17NO4. The van der Waals surface area contributed by atoms with Crippen LogP contribution in [-0.4, -0.2) is 46.5 Å². The molecule has 2 rings (SSSR count). The summed E-state index contributed by atoms with van der Waals surface area (Å²) in [5, 5.41) is 18.6. The van der Waals surface area contributed by atoms with E-state index >= 15 is 0 Å². The van der Waals surface area contributed by atoms with Gasteiger partial charge in [-0.1, -0.05) is 30.3 Å². The third-order valence-corrected chi connectivity index (χ3v) is 3.04. The van der Waals surface area contributed by atoms with E-state index in [1.807, 2.05) is 30.3 Å². The zero-order valence-corrected chi connectivity index (χ0v) is 10.0. The Kier molecular flexibility index (Phi) is 4.17. The molecule has 5 nitrogen and oxygen atoms in total. The van der Waals surface area contributed by atoms with Crippen molar-refractivity contribution in [1.82, 2.24) is 4.90 Å². The van der Waals surface area contributed by atoms with Gasteiger partial charge >= 0.3 is 6.09 Å². The van der Waals surface area contributed by atoms with Gasteiger partial charge in [0.2, 0.25) is 0 Å². The molecule has 0 aliphatic carbocycles. The van der Waals surface area contributed by atoms with Crippen molar-refractivity contribution in [2.24, 2.45) is 0 Å². The Morgan fingerprint density at radius 3 is 2.78 bits per heavy atom. The number of hydrogen-bond acceptors (Lipinski definition) is 4. The molecule has 0 spiro atoms. The van der Waals surface area contributed by atoms with Gasteiger partial charge in [-0.05, 0) is 12.0 Å². The first kappa shape index (κ1) is 12.9. The van der Waals surface area contributed by atoms with Crippen LogP contribution in [0.5, 0.6) is 0 Å². The lowest BCUT2D eigenvalue weighted by molar-refractivity contribution is 0.0772. The van der Waals surface area contributed by atoms with E-state index in [-0.39, 0.29) is 25.8 Å². The first-order valence-corrected chi connectivity index (χ1v) is 5.97. The number of likely N-dealkylation sites (tertiary alicyclic amines) is 1. The van der Waals surface area contributed by atoms with Gasteiger partial charge in [0.15, 0.2) is 0 Å². The van der Waals surface area contributed by atoms with Crippen LogP contribution in [0.15, 0.2) is 30.3 Å². The molecule has 0 aromatic heterocycles. The molecule has 5 heteroatoms. The highest BCUT2D eigenvalue weighted by molar-refractivity contribution is 5.68. The SMILES string of the molecule is O=C(OCc1ccccc1)N1C[C@H](O)C[C@@H]1CO. The van der Waals surface area contributed by atoms with Crippen molar-refractivity contribution < 1.29 is 19.7 Å². The Balaban J connectivity index is 1.88. The van der Waals surface area contributed by atoms with E-state index in [9.17, 15) is 9.90 Å². The normalized spacial score (nSPS) is 23.1. The number of carbonyl (C=O) groups is 1. The molecule has 1 aliphatic heterocycles. The van der Waals surface area contributed by atoms with Gasteiger partial charge < -0.3 is 19.8 Å². The highest BCUT2D eigenvalue weighted by atomic mass is 16.6. The molecule has 18 heavy (non-hydrogen) atoms. The summed E-state index contributed by atoms with van der Waals surface area (Å²) in [5.41, 5.74) is 0.908. The average Bonchev–Trinajstić information content (AvgIpc) is 2.78. The Bertz CT molecular complexity index is 395. The fourth-order valence-electron chi connectivity index (χ4n) is 2.09. The Hall–Kier alpha value is -1.59. The molecule has 1 saturated heterocycles. The highest BCUT2D eigenvalue weighted by Crippen LogP contribution is 2.18. The summed E-state index contributed by atoms with van der Waals surface area (Å²) < 4.78 is 5.16. The number of aliphatic hydroxyl groups is 2. The topological polar surface area (TPSA) is 70.0 Å². The Morgan fingerprint density at radius 2 is 2.11 bits per heavy atom. The van der Waals surface area contributed by atoms with E-state index < -0.39 is 12.2 Å². The first-order chi connectivity index (χ1) is 8.70. The molecule has 0 saturated carbocycles. The van der Waals surface area contributed by atoms with E-state index in [1.54, 1.807) is 0 Å². The molecule has 1 amide bonds. The molecule has 1 heterocycles. The third-order valence-electron chi connectivity index (χ3n) is 3.04. The molecular weight excluding hydrogens is 234 g/mol. The van der Waals surface area contributed by atoms with Gasteiger partial charge in [0.1, 0.15) is 6.61 Å². The number of aliphatic hydroxyl groups excluding tert-OH is 2. The number of ether oxygens (including phenoxy) is 1. The second-order valence-electron chi connectivity index (χ2n) is 4.42. The maximum atomic E-state index is 11.8. The minimum atomic E-state index is -0.577. The molecule has 1 fully saturated rings. The summed E-state index contributed by atoms with van der Waals surface area (Å²) in [6.45, 7) is 0.265. The quantitative estimate of drug-likeness (QED) is 0.831. The van der Waals surface area contributed by atoms with Crippen LogP contribution in [0.25, 0.3) is 0 Å². The first-order valence-electron chi connectivity index (χ1n) is 5.97. The number of carbonyl (C=O) groups excluding carboxylic acids is 1. The smallest absolute Gasteiger partial charge is 0.410 e. The minimum absolute atomic E-state index is 0.155. The molecule has 98 valence electrons. The number of amides is 1. The third kappa shape index (κ3) is 3.00. The van der Waals surface area contributed by atoms with E-state index in [4.69, 9.17) is 9.84 Å². The van der Waals surface area contributed by atoms with E-state index in [2.05, 4.69) is 0 Å². The highest BCUT2D eigenvalue weighted by Gasteiger charge is 2.34. The van der Waals surface area contributed by atoms with Crippen molar-refractivity contribution in [3.05, 3.63) is 35.9 Å². The van der Waals surface area contributed by atoms with Gasteiger partial charge in [0.05, 0.1) is 25.3 Å². The summed E-state index contributed by atoms with van der Waals surface area (Å²) in [7, 11) is 0. The lowest BCUT2D eigenvalue weighted by atomic mass is 10.2. The lowest BCUT2D eigenvalue weighted by Crippen LogP contribution is -2.38. The van der Waals surface area contributed by atoms with Crippen molar-refractivity contribution in [1.29, 1.82) is 0 Å². The van der Waals surface area contributed by atoms with Gasteiger partial charge in [-0.15, -0.1) is 0 Å². The predicted molar refractivity (Wildman–Crippen MR) is 64.8 cm³/mol. The summed E-state index contributed by atoms with van der Waals surface area (Å²) in [6.07, 6.45) is -0.669. The molecule has 1 aliphatic rings. The van der Waals surface area contributed by atoms with Crippen LogP contribution in [0.3, 0.4) is 0 Å². The second-order valence-corrected chi connectivity index (χ2v) is 4.42. The molecule has 1 aromatic rings. The van der Waals surface area contributed by atoms with Gasteiger partial charge in [0, 0.05) is 0 Å². The number of nitrogens with zero attached hydrogens (tertiary/aromatic N) is 1. The number of β-amino-alcohol motifs (C(OH)–C–C–N with tert-alkyl or cyclic N) is 1. The van der Waals surface area contributed by atoms with Crippen LogP contribution in [0, 0.1) is 0 Å². The van der Waals surface area contributed by atoms with Crippen LogP contribution < -0.4 is 0 Å². The molecule has 0 bridgehead atoms. The fraction of sp³-hybridized carbons (Fsp3) is 0.462. The number of rotatable bonds is 3. The van der Waals surface area contributed by atoms with Crippen molar-refractivity contribution in [2.75, 3.05) is 13.2 Å². The standard InChI is InChI=1S/C13H17NO4/c15-8-11-6-12(16)7-14(11)13(17)18-9-10-4-2-1-3-5-10/h1-5,11-12,15-16H,6-9H2/t11-,12-/m1/s1. The second kappa shape index (κ2) is 5.84. The Morgan fingerprint density at radius 1 is 1.39 bits per heavy atom. The maximum absolute atomic E-state index is 11.8. The van der Waals surface area contributed by atoms with Crippen LogP contribution in [0.1, 0.15) is 12.0 Å². The summed E-state index contributed by atoms with van der Waals surface area (Å²) in [6, 6.07) is 9.04. The molecule has 2 atom stereocenters. The van der Waals surface area contributed by atoms with Crippen LogP contribution >= 0.6 is 0 Å². The molecule has 2 N–H and O–H groups in total. The Labute approximate surface area is 106 Å². The van der Waals surface area contributed by atoms with Crippen LogP contribution in [0.4, 0.5) is 4.79 Å². The minimum Gasteiger partial charge on any atom is -0.445 e.